The molecule has 1 aliphatic heterocycles. The van der Waals surface area contributed by atoms with E-state index in [1.54, 1.807) is 30.3 Å². The number of benzene rings is 1. The minimum absolute atomic E-state index is 0.102. The van der Waals surface area contributed by atoms with Crippen molar-refractivity contribution in [1.82, 2.24) is 14.7 Å². The molecule has 0 saturated carbocycles. The Hall–Kier alpha value is -2.14. The number of hydrogen-bond donors (Lipinski definition) is 0. The molecule has 0 bridgehead atoms. The maximum atomic E-state index is 12.5. The van der Waals surface area contributed by atoms with Crippen LogP contribution in [0.3, 0.4) is 0 Å². The molecule has 0 N–H and O–H groups in total. The normalized spacial score (nSPS) is 15.3. The van der Waals surface area contributed by atoms with Gasteiger partial charge in [-0.05, 0) is 43.2 Å². The van der Waals surface area contributed by atoms with Crippen molar-refractivity contribution in [3.8, 4) is 0 Å². The Bertz CT molecular complexity index is 701. The predicted octanol–water partition coefficient (Wildman–Crippen LogP) is 3.24. The number of aromatic nitrogens is 2. The van der Waals surface area contributed by atoms with E-state index in [9.17, 15) is 9.59 Å². The summed E-state index contributed by atoms with van der Waals surface area (Å²) in [5, 5.41) is 4.73. The largest absolute Gasteiger partial charge is 0.337 e. The first-order valence-corrected chi connectivity index (χ1v) is 8.18. The molecule has 1 aromatic carbocycles. The molecule has 0 atom stereocenters. The van der Waals surface area contributed by atoms with Crippen LogP contribution >= 0.6 is 11.6 Å². The van der Waals surface area contributed by atoms with Crippen molar-refractivity contribution in [1.29, 1.82) is 0 Å². The quantitative estimate of drug-likeness (QED) is 0.848. The van der Waals surface area contributed by atoms with E-state index in [2.05, 4.69) is 5.10 Å². The maximum absolute atomic E-state index is 12.5. The zero-order valence-electron chi connectivity index (χ0n) is 12.7. The van der Waals surface area contributed by atoms with Gasteiger partial charge in [0.2, 0.25) is 0 Å². The van der Waals surface area contributed by atoms with Crippen molar-refractivity contribution < 1.29 is 9.59 Å². The molecule has 1 aliphatic rings. The topological polar surface area (TPSA) is 55.2 Å². The van der Waals surface area contributed by atoms with E-state index in [1.807, 2.05) is 4.90 Å². The van der Waals surface area contributed by atoms with Gasteiger partial charge in [0, 0.05) is 29.9 Å². The predicted molar refractivity (Wildman–Crippen MR) is 87.8 cm³/mol. The minimum Gasteiger partial charge on any atom is -0.337 e. The zero-order valence-corrected chi connectivity index (χ0v) is 13.5. The van der Waals surface area contributed by atoms with Gasteiger partial charge in [0.25, 0.3) is 11.8 Å². The van der Waals surface area contributed by atoms with Gasteiger partial charge in [-0.1, -0.05) is 24.4 Å². The van der Waals surface area contributed by atoms with Crippen LogP contribution in [0.25, 0.3) is 0 Å². The summed E-state index contributed by atoms with van der Waals surface area (Å²) in [6, 6.07) is 8.19. The third-order valence-corrected chi connectivity index (χ3v) is 4.25. The smallest absolute Gasteiger partial charge is 0.278 e. The van der Waals surface area contributed by atoms with Gasteiger partial charge in [0.1, 0.15) is 0 Å². The zero-order chi connectivity index (χ0) is 16.2. The van der Waals surface area contributed by atoms with E-state index in [-0.39, 0.29) is 11.8 Å². The third kappa shape index (κ3) is 3.62. The fraction of sp³-hybridized carbons (Fsp3) is 0.353. The van der Waals surface area contributed by atoms with Crippen LogP contribution in [0.1, 0.15) is 46.5 Å². The summed E-state index contributed by atoms with van der Waals surface area (Å²) < 4.78 is 1.20. The van der Waals surface area contributed by atoms with Crippen molar-refractivity contribution in [3.05, 3.63) is 52.8 Å². The number of likely N-dealkylation sites (tertiary alicyclic amines) is 1. The van der Waals surface area contributed by atoms with Gasteiger partial charge in [0.15, 0.2) is 5.69 Å². The molecule has 1 amide bonds. The second-order valence-electron chi connectivity index (χ2n) is 5.66. The summed E-state index contributed by atoms with van der Waals surface area (Å²) in [6.07, 6.45) is 5.90. The molecule has 1 saturated heterocycles. The molecule has 5 nitrogen and oxygen atoms in total. The monoisotopic (exact) mass is 331 g/mol. The summed E-state index contributed by atoms with van der Waals surface area (Å²) in [4.78, 5) is 26.7. The fourth-order valence-electron chi connectivity index (χ4n) is 2.71. The highest BCUT2D eigenvalue weighted by atomic mass is 35.5. The molecular formula is C17H18ClN3O2. The average molecular weight is 332 g/mol. The number of hydrogen-bond acceptors (Lipinski definition) is 3. The number of rotatable bonds is 2. The summed E-state index contributed by atoms with van der Waals surface area (Å²) in [5.74, 6) is -0.383. The van der Waals surface area contributed by atoms with Crippen LogP contribution in [0.4, 0.5) is 0 Å². The molecule has 120 valence electrons. The molecule has 2 aromatic rings. The third-order valence-electron chi connectivity index (χ3n) is 4.00. The second kappa shape index (κ2) is 6.96. The molecule has 2 heterocycles. The lowest BCUT2D eigenvalue weighted by atomic mass is 10.2. The lowest BCUT2D eigenvalue weighted by Crippen LogP contribution is -2.32. The van der Waals surface area contributed by atoms with Crippen molar-refractivity contribution >= 4 is 23.4 Å². The van der Waals surface area contributed by atoms with Crippen LogP contribution in [0, 0.1) is 0 Å². The molecule has 0 spiro atoms. The lowest BCUT2D eigenvalue weighted by molar-refractivity contribution is 0.0754. The highest BCUT2D eigenvalue weighted by molar-refractivity contribution is 6.30. The van der Waals surface area contributed by atoms with Crippen LogP contribution in [-0.2, 0) is 0 Å². The van der Waals surface area contributed by atoms with E-state index in [4.69, 9.17) is 11.6 Å². The van der Waals surface area contributed by atoms with Crippen LogP contribution in [0.5, 0.6) is 0 Å². The Kier molecular flexibility index (Phi) is 4.76. The molecule has 23 heavy (non-hydrogen) atoms. The first kappa shape index (κ1) is 15.7. The van der Waals surface area contributed by atoms with Crippen molar-refractivity contribution in [2.45, 2.75) is 25.7 Å². The lowest BCUT2D eigenvalue weighted by Gasteiger charge is -2.18. The van der Waals surface area contributed by atoms with Crippen LogP contribution in [0.2, 0.25) is 5.02 Å². The summed E-state index contributed by atoms with van der Waals surface area (Å²) >= 11 is 5.82. The average Bonchev–Trinajstić information content (AvgIpc) is 2.90. The van der Waals surface area contributed by atoms with Gasteiger partial charge in [-0.2, -0.15) is 5.10 Å². The number of amides is 1. The number of carbonyl (C=O) groups is 2. The molecule has 1 aromatic heterocycles. The first-order chi connectivity index (χ1) is 11.1. The van der Waals surface area contributed by atoms with E-state index in [1.165, 1.54) is 10.9 Å². The SMILES string of the molecule is O=C(c1ccn(C(=O)c2ccc(Cl)cc2)n1)N1CCCCCC1. The molecule has 3 rings (SSSR count). The van der Waals surface area contributed by atoms with E-state index < -0.39 is 0 Å². The van der Waals surface area contributed by atoms with E-state index >= 15 is 0 Å². The first-order valence-electron chi connectivity index (χ1n) is 7.80. The van der Waals surface area contributed by atoms with Crippen molar-refractivity contribution in [2.24, 2.45) is 0 Å². The summed E-state index contributed by atoms with van der Waals surface area (Å²) in [5.41, 5.74) is 0.792. The molecule has 0 radical (unpaired) electrons. The van der Waals surface area contributed by atoms with Gasteiger partial charge in [-0.25, -0.2) is 4.68 Å². The van der Waals surface area contributed by atoms with E-state index in [0.29, 0.717) is 16.3 Å². The van der Waals surface area contributed by atoms with Gasteiger partial charge >= 0.3 is 0 Å². The minimum atomic E-state index is -0.281. The Balaban J connectivity index is 1.75. The molecular weight excluding hydrogens is 314 g/mol. The van der Waals surface area contributed by atoms with E-state index in [0.717, 1.165) is 38.8 Å². The van der Waals surface area contributed by atoms with Crippen LogP contribution in [0.15, 0.2) is 36.5 Å². The standard InChI is InChI=1S/C17H18ClN3O2/c18-14-7-5-13(6-8-14)16(22)21-12-9-15(19-21)17(23)20-10-3-1-2-4-11-20/h5-9,12H,1-4,10-11H2. The molecule has 0 aliphatic carbocycles. The second-order valence-corrected chi connectivity index (χ2v) is 6.10. The molecule has 1 fully saturated rings. The van der Waals surface area contributed by atoms with Crippen LogP contribution < -0.4 is 0 Å². The molecule has 6 heteroatoms. The summed E-state index contributed by atoms with van der Waals surface area (Å²) in [6.45, 7) is 1.52. The fourth-order valence-corrected chi connectivity index (χ4v) is 2.84. The van der Waals surface area contributed by atoms with Crippen LogP contribution in [-0.4, -0.2) is 39.6 Å². The van der Waals surface area contributed by atoms with Gasteiger partial charge in [-0.15, -0.1) is 0 Å². The Morgan fingerprint density at radius 2 is 1.57 bits per heavy atom. The highest BCUT2D eigenvalue weighted by Gasteiger charge is 2.20. The van der Waals surface area contributed by atoms with Crippen molar-refractivity contribution in [3.63, 3.8) is 0 Å². The maximum Gasteiger partial charge on any atom is 0.278 e. The van der Waals surface area contributed by atoms with Crippen molar-refractivity contribution in [2.75, 3.05) is 13.1 Å². The Labute approximate surface area is 139 Å². The number of halogens is 1. The molecule has 0 unspecified atom stereocenters. The Morgan fingerprint density at radius 1 is 0.913 bits per heavy atom. The van der Waals surface area contributed by atoms with Gasteiger partial charge in [-0.3, -0.25) is 9.59 Å². The summed E-state index contributed by atoms with van der Waals surface area (Å²) in [7, 11) is 0. The van der Waals surface area contributed by atoms with Gasteiger partial charge in [0.05, 0.1) is 0 Å². The van der Waals surface area contributed by atoms with Gasteiger partial charge < -0.3 is 4.90 Å². The number of carbonyl (C=O) groups excluding carboxylic acids is 2. The number of nitrogens with zero attached hydrogens (tertiary/aromatic N) is 3. The highest BCUT2D eigenvalue weighted by Crippen LogP contribution is 2.14. The Morgan fingerprint density at radius 3 is 2.22 bits per heavy atom.